The lowest BCUT2D eigenvalue weighted by molar-refractivity contribution is -0.129. The van der Waals surface area contributed by atoms with Gasteiger partial charge in [-0.05, 0) is 17.7 Å². The van der Waals surface area contributed by atoms with Crippen molar-refractivity contribution in [1.82, 2.24) is 10.3 Å². The number of nitrogens with one attached hydrogen (secondary N) is 1. The molecule has 2 amide bonds. The van der Waals surface area contributed by atoms with Gasteiger partial charge in [-0.25, -0.2) is 5.01 Å². The van der Waals surface area contributed by atoms with Crippen LogP contribution in [0, 0.1) is 0 Å². The maximum atomic E-state index is 11.8. The van der Waals surface area contributed by atoms with E-state index in [0.29, 0.717) is 10.7 Å². The fourth-order valence-electron chi connectivity index (χ4n) is 2.05. The standard InChI is InChI=1S/C14H17N3O6S2/c1-8(18)15-14-16-17(9(2)19)13(24-14)10-5-6-11(12(7-10)22-3)23-25(4,20)21/h5-7,13H,1-4H3,(H,15,16,18)/t13-/m1/s1. The smallest absolute Gasteiger partial charge is 0.306 e. The first kappa shape index (κ1) is 19.1. The van der Waals surface area contributed by atoms with Gasteiger partial charge in [-0.3, -0.25) is 9.59 Å². The Morgan fingerprint density at radius 3 is 2.48 bits per heavy atom. The minimum absolute atomic E-state index is 0.0362. The maximum Gasteiger partial charge on any atom is 0.306 e. The third-order valence-electron chi connectivity index (χ3n) is 2.96. The van der Waals surface area contributed by atoms with Crippen molar-refractivity contribution in [2.75, 3.05) is 13.4 Å². The summed E-state index contributed by atoms with van der Waals surface area (Å²) >= 11 is 1.18. The van der Waals surface area contributed by atoms with Crippen molar-refractivity contribution in [3.05, 3.63) is 23.8 Å². The monoisotopic (exact) mass is 387 g/mol. The first-order chi connectivity index (χ1) is 11.6. The molecule has 1 aromatic carbocycles. The highest BCUT2D eigenvalue weighted by Crippen LogP contribution is 2.41. The van der Waals surface area contributed by atoms with E-state index in [2.05, 4.69) is 10.4 Å². The van der Waals surface area contributed by atoms with Crippen molar-refractivity contribution < 1.29 is 26.9 Å². The Balaban J connectivity index is 2.34. The minimum atomic E-state index is -3.71. The van der Waals surface area contributed by atoms with Gasteiger partial charge in [-0.1, -0.05) is 17.8 Å². The molecule has 1 heterocycles. The molecule has 0 saturated carbocycles. The third-order valence-corrected chi connectivity index (χ3v) is 4.55. The lowest BCUT2D eigenvalue weighted by Crippen LogP contribution is -2.25. The van der Waals surface area contributed by atoms with Gasteiger partial charge in [0.1, 0.15) is 5.37 Å². The number of hydrogen-bond donors (Lipinski definition) is 1. The van der Waals surface area contributed by atoms with Gasteiger partial charge < -0.3 is 14.2 Å². The molecule has 1 aliphatic heterocycles. The molecule has 0 aromatic heterocycles. The Hall–Kier alpha value is -2.27. The van der Waals surface area contributed by atoms with Crippen LogP contribution in [-0.2, 0) is 19.7 Å². The predicted molar refractivity (Wildman–Crippen MR) is 92.6 cm³/mol. The number of ether oxygens (including phenoxy) is 1. The maximum absolute atomic E-state index is 11.8. The van der Waals surface area contributed by atoms with Crippen LogP contribution in [0.4, 0.5) is 0 Å². The van der Waals surface area contributed by atoms with E-state index in [9.17, 15) is 18.0 Å². The summed E-state index contributed by atoms with van der Waals surface area (Å²) < 4.78 is 32.6. The Labute approximate surface area is 149 Å². The zero-order valence-electron chi connectivity index (χ0n) is 14.0. The van der Waals surface area contributed by atoms with Crippen LogP contribution in [0.2, 0.25) is 0 Å². The molecule has 0 spiro atoms. The molecule has 0 unspecified atom stereocenters. The highest BCUT2D eigenvalue weighted by Gasteiger charge is 2.33. The minimum Gasteiger partial charge on any atom is -0.493 e. The quantitative estimate of drug-likeness (QED) is 0.768. The second-order valence-electron chi connectivity index (χ2n) is 5.12. The fourth-order valence-corrected chi connectivity index (χ4v) is 3.64. The van der Waals surface area contributed by atoms with E-state index in [4.69, 9.17) is 8.92 Å². The molecule has 9 nitrogen and oxygen atoms in total. The zero-order chi connectivity index (χ0) is 18.8. The number of thioether (sulfide) groups is 1. The Kier molecular flexibility index (Phi) is 5.58. The number of carbonyl (C=O) groups is 2. The second kappa shape index (κ2) is 7.31. The lowest BCUT2D eigenvalue weighted by atomic mass is 10.2. The van der Waals surface area contributed by atoms with Gasteiger partial charge in [0.15, 0.2) is 16.7 Å². The van der Waals surface area contributed by atoms with Crippen LogP contribution in [0.5, 0.6) is 11.5 Å². The number of rotatable bonds is 4. The summed E-state index contributed by atoms with van der Waals surface area (Å²) in [7, 11) is -2.33. The molecule has 1 atom stereocenters. The molecule has 1 aromatic rings. The molecule has 0 aliphatic carbocycles. The molecule has 25 heavy (non-hydrogen) atoms. The second-order valence-corrected chi connectivity index (χ2v) is 7.76. The van der Waals surface area contributed by atoms with Crippen molar-refractivity contribution >= 4 is 38.9 Å². The summed E-state index contributed by atoms with van der Waals surface area (Å²) in [5, 5.41) is 7.62. The first-order valence-electron chi connectivity index (χ1n) is 7.00. The highest BCUT2D eigenvalue weighted by molar-refractivity contribution is 8.14. The van der Waals surface area contributed by atoms with Crippen LogP contribution in [-0.4, -0.2) is 43.8 Å². The number of methoxy groups -OCH3 is 1. The predicted octanol–water partition coefficient (Wildman–Crippen LogP) is 1.03. The fraction of sp³-hybridized carbons (Fsp3) is 0.357. The molecule has 136 valence electrons. The largest absolute Gasteiger partial charge is 0.493 e. The molecular weight excluding hydrogens is 370 g/mol. The number of amides is 2. The number of hydrazone groups is 1. The summed E-state index contributed by atoms with van der Waals surface area (Å²) in [5.41, 5.74) is 0.627. The van der Waals surface area contributed by atoms with Gasteiger partial charge in [0.25, 0.3) is 0 Å². The van der Waals surface area contributed by atoms with E-state index in [1.807, 2.05) is 0 Å². The van der Waals surface area contributed by atoms with Crippen LogP contribution in [0.25, 0.3) is 0 Å². The van der Waals surface area contributed by atoms with E-state index in [0.717, 1.165) is 6.26 Å². The van der Waals surface area contributed by atoms with Crippen molar-refractivity contribution in [1.29, 1.82) is 0 Å². The van der Waals surface area contributed by atoms with E-state index in [1.165, 1.54) is 43.8 Å². The molecule has 0 saturated heterocycles. The van der Waals surface area contributed by atoms with Gasteiger partial charge in [0, 0.05) is 13.8 Å². The van der Waals surface area contributed by atoms with Crippen LogP contribution in [0.1, 0.15) is 24.8 Å². The summed E-state index contributed by atoms with van der Waals surface area (Å²) in [6, 6.07) is 4.59. The number of carbonyl (C=O) groups excluding carboxylic acids is 2. The molecule has 0 fully saturated rings. The average Bonchev–Trinajstić information content (AvgIpc) is 2.89. The Morgan fingerprint density at radius 1 is 1.28 bits per heavy atom. The zero-order valence-corrected chi connectivity index (χ0v) is 15.6. The van der Waals surface area contributed by atoms with E-state index in [1.54, 1.807) is 12.1 Å². The number of benzene rings is 1. The molecular formula is C14H17N3O6S2. The van der Waals surface area contributed by atoms with Gasteiger partial charge in [-0.2, -0.15) is 8.42 Å². The summed E-state index contributed by atoms with van der Waals surface area (Å²) in [6.45, 7) is 2.70. The van der Waals surface area contributed by atoms with E-state index in [-0.39, 0.29) is 23.3 Å². The highest BCUT2D eigenvalue weighted by atomic mass is 32.2. The van der Waals surface area contributed by atoms with Crippen molar-refractivity contribution in [2.24, 2.45) is 5.10 Å². The van der Waals surface area contributed by atoms with E-state index >= 15 is 0 Å². The summed E-state index contributed by atoms with van der Waals surface area (Å²) in [6.07, 6.45) is 0.929. The topological polar surface area (TPSA) is 114 Å². The van der Waals surface area contributed by atoms with Crippen LogP contribution < -0.4 is 14.2 Å². The van der Waals surface area contributed by atoms with Crippen molar-refractivity contribution in [3.8, 4) is 11.5 Å². The van der Waals surface area contributed by atoms with Crippen LogP contribution >= 0.6 is 11.8 Å². The Morgan fingerprint density at radius 2 is 1.96 bits per heavy atom. The first-order valence-corrected chi connectivity index (χ1v) is 9.70. The van der Waals surface area contributed by atoms with Gasteiger partial charge in [0.05, 0.1) is 13.4 Å². The SMILES string of the molecule is COc1cc([C@H]2SC(NC(C)=O)=NN2C(C)=O)ccc1OS(C)(=O)=O. The number of amidine groups is 1. The van der Waals surface area contributed by atoms with E-state index < -0.39 is 15.5 Å². The van der Waals surface area contributed by atoms with Gasteiger partial charge in [0.2, 0.25) is 11.8 Å². The average molecular weight is 387 g/mol. The van der Waals surface area contributed by atoms with Crippen molar-refractivity contribution in [2.45, 2.75) is 19.2 Å². The Bertz CT molecular complexity index is 837. The molecule has 2 rings (SSSR count). The molecule has 11 heteroatoms. The molecule has 1 N–H and O–H groups in total. The lowest BCUT2D eigenvalue weighted by Gasteiger charge is -2.20. The van der Waals surface area contributed by atoms with Gasteiger partial charge >= 0.3 is 10.1 Å². The van der Waals surface area contributed by atoms with Crippen LogP contribution in [0.3, 0.4) is 0 Å². The molecule has 1 aliphatic rings. The van der Waals surface area contributed by atoms with Crippen molar-refractivity contribution in [3.63, 3.8) is 0 Å². The molecule has 0 bridgehead atoms. The normalized spacial score (nSPS) is 17.0. The number of hydrogen-bond acceptors (Lipinski definition) is 8. The summed E-state index contributed by atoms with van der Waals surface area (Å²) in [5.74, 6) is -0.382. The van der Waals surface area contributed by atoms with Gasteiger partial charge in [-0.15, -0.1) is 5.10 Å². The molecule has 0 radical (unpaired) electrons. The summed E-state index contributed by atoms with van der Waals surface area (Å²) in [4.78, 5) is 23.0. The van der Waals surface area contributed by atoms with Crippen LogP contribution in [0.15, 0.2) is 23.3 Å². The third kappa shape index (κ3) is 4.86. The number of nitrogens with zero attached hydrogens (tertiary/aromatic N) is 2.